The number of benzene rings is 1. The van der Waals surface area contributed by atoms with Gasteiger partial charge in [0.05, 0.1) is 17.3 Å². The standard InChI is InChI=1S/C17H12Cl2F3N5O/c18-9-3-1-2-8(4-9)5-12-13(15(23)28)16(27-26-12)25-6-10-11(19)7-24-14(10)17(20,21)22/h1-4,6H,5,7H2,(H2,23,28)(H,26,27). The third kappa shape index (κ3) is 4.26. The Balaban J connectivity index is 1.92. The number of aromatic nitrogens is 2. The van der Waals surface area contributed by atoms with E-state index < -0.39 is 17.8 Å². The van der Waals surface area contributed by atoms with Crippen LogP contribution >= 0.6 is 23.2 Å². The Morgan fingerprint density at radius 3 is 2.75 bits per heavy atom. The molecule has 6 nitrogen and oxygen atoms in total. The molecule has 0 saturated carbocycles. The van der Waals surface area contributed by atoms with Crippen LogP contribution in [0.1, 0.15) is 21.6 Å². The first-order valence-corrected chi connectivity index (χ1v) is 8.58. The summed E-state index contributed by atoms with van der Waals surface area (Å²) in [7, 11) is 0. The molecule has 1 amide bonds. The van der Waals surface area contributed by atoms with Crippen molar-refractivity contribution in [3.63, 3.8) is 0 Å². The van der Waals surface area contributed by atoms with Crippen molar-refractivity contribution in [1.82, 2.24) is 10.2 Å². The normalized spacial score (nSPS) is 14.8. The van der Waals surface area contributed by atoms with Gasteiger partial charge in [0, 0.05) is 23.2 Å². The first kappa shape index (κ1) is 20.1. The Morgan fingerprint density at radius 1 is 1.36 bits per heavy atom. The van der Waals surface area contributed by atoms with E-state index >= 15 is 0 Å². The molecule has 3 rings (SSSR count). The quantitative estimate of drug-likeness (QED) is 0.703. The molecule has 1 aromatic heterocycles. The zero-order valence-corrected chi connectivity index (χ0v) is 15.5. The number of rotatable bonds is 5. The molecule has 1 aromatic carbocycles. The number of allylic oxidation sites excluding steroid dienone is 1. The van der Waals surface area contributed by atoms with Crippen molar-refractivity contribution >= 4 is 46.9 Å². The first-order chi connectivity index (χ1) is 13.2. The summed E-state index contributed by atoms with van der Waals surface area (Å²) in [5, 5.41) is 6.93. The van der Waals surface area contributed by atoms with Crippen LogP contribution < -0.4 is 5.73 Å². The number of nitrogens with two attached hydrogens (primary N) is 1. The van der Waals surface area contributed by atoms with E-state index in [1.807, 2.05) is 0 Å². The van der Waals surface area contributed by atoms with Crippen LogP contribution in [0.5, 0.6) is 0 Å². The van der Waals surface area contributed by atoms with Gasteiger partial charge in [-0.15, -0.1) is 0 Å². The molecule has 0 bridgehead atoms. The maximum absolute atomic E-state index is 13.0. The molecule has 11 heteroatoms. The molecule has 0 aliphatic carbocycles. The Bertz CT molecular complexity index is 1020. The lowest BCUT2D eigenvalue weighted by Crippen LogP contribution is -2.24. The third-order valence-electron chi connectivity index (χ3n) is 3.85. The summed E-state index contributed by atoms with van der Waals surface area (Å²) < 4.78 is 39.0. The van der Waals surface area contributed by atoms with Gasteiger partial charge < -0.3 is 5.73 Å². The summed E-state index contributed by atoms with van der Waals surface area (Å²) >= 11 is 11.8. The van der Waals surface area contributed by atoms with Gasteiger partial charge in [-0.25, -0.2) is 4.99 Å². The maximum Gasteiger partial charge on any atom is 0.433 e. The lowest BCUT2D eigenvalue weighted by Gasteiger charge is -2.07. The second-order valence-corrected chi connectivity index (χ2v) is 6.70. The molecule has 1 aliphatic heterocycles. The predicted molar refractivity (Wildman–Crippen MR) is 101 cm³/mol. The summed E-state index contributed by atoms with van der Waals surface area (Å²) in [4.78, 5) is 19.1. The van der Waals surface area contributed by atoms with E-state index in [9.17, 15) is 18.0 Å². The first-order valence-electron chi connectivity index (χ1n) is 7.83. The lowest BCUT2D eigenvalue weighted by atomic mass is 10.1. The lowest BCUT2D eigenvalue weighted by molar-refractivity contribution is -0.0578. The van der Waals surface area contributed by atoms with Crippen molar-refractivity contribution in [2.24, 2.45) is 15.7 Å². The summed E-state index contributed by atoms with van der Waals surface area (Å²) in [6.07, 6.45) is -3.54. The average molecular weight is 430 g/mol. The third-order valence-corrected chi connectivity index (χ3v) is 4.40. The molecule has 0 saturated heterocycles. The van der Waals surface area contributed by atoms with Crippen molar-refractivity contribution in [2.75, 3.05) is 6.54 Å². The molecular weight excluding hydrogens is 418 g/mol. The van der Waals surface area contributed by atoms with Gasteiger partial charge in [0.25, 0.3) is 5.91 Å². The van der Waals surface area contributed by atoms with Crippen LogP contribution in [0.25, 0.3) is 0 Å². The Morgan fingerprint density at radius 2 is 2.11 bits per heavy atom. The Labute approximate surface area is 167 Å². The largest absolute Gasteiger partial charge is 0.433 e. The summed E-state index contributed by atoms with van der Waals surface area (Å²) in [6, 6.07) is 6.92. The minimum absolute atomic E-state index is 0.0311. The molecule has 2 heterocycles. The van der Waals surface area contributed by atoms with Crippen molar-refractivity contribution < 1.29 is 18.0 Å². The molecule has 0 fully saturated rings. The van der Waals surface area contributed by atoms with Crippen molar-refractivity contribution in [1.29, 1.82) is 0 Å². The van der Waals surface area contributed by atoms with E-state index in [0.717, 1.165) is 11.8 Å². The van der Waals surface area contributed by atoms with Crippen molar-refractivity contribution in [3.05, 3.63) is 56.7 Å². The number of alkyl halides is 3. The number of primary amides is 1. The summed E-state index contributed by atoms with van der Waals surface area (Å²) in [5.74, 6) is -0.968. The molecule has 28 heavy (non-hydrogen) atoms. The minimum atomic E-state index is -4.67. The van der Waals surface area contributed by atoms with E-state index in [0.29, 0.717) is 10.7 Å². The van der Waals surface area contributed by atoms with Crippen LogP contribution in [-0.4, -0.2) is 40.8 Å². The highest BCUT2D eigenvalue weighted by atomic mass is 35.5. The Hall–Kier alpha value is -2.65. The van der Waals surface area contributed by atoms with Crippen LogP contribution in [0.3, 0.4) is 0 Å². The maximum atomic E-state index is 13.0. The smallest absolute Gasteiger partial charge is 0.365 e. The molecule has 2 aromatic rings. The van der Waals surface area contributed by atoms with Crippen molar-refractivity contribution in [2.45, 2.75) is 12.6 Å². The number of carbonyl (C=O) groups is 1. The highest BCUT2D eigenvalue weighted by Gasteiger charge is 2.40. The van der Waals surface area contributed by atoms with E-state index in [-0.39, 0.29) is 35.0 Å². The van der Waals surface area contributed by atoms with Crippen LogP contribution in [0, 0.1) is 0 Å². The molecule has 0 unspecified atom stereocenters. The van der Waals surface area contributed by atoms with Crippen LogP contribution in [0.2, 0.25) is 5.02 Å². The summed E-state index contributed by atoms with van der Waals surface area (Å²) in [6.45, 7) is -0.291. The number of aliphatic imine (C=N–C) groups is 2. The Kier molecular flexibility index (Phi) is 5.57. The molecular formula is C17H12Cl2F3N5O. The molecule has 0 atom stereocenters. The molecule has 146 valence electrons. The van der Waals surface area contributed by atoms with Gasteiger partial charge in [-0.2, -0.15) is 18.3 Å². The van der Waals surface area contributed by atoms with Gasteiger partial charge in [-0.3, -0.25) is 14.9 Å². The fourth-order valence-corrected chi connectivity index (χ4v) is 3.06. The number of carbonyl (C=O) groups excluding carboxylic acids is 1. The monoisotopic (exact) mass is 429 g/mol. The number of H-pyrrole nitrogens is 1. The number of amides is 1. The molecule has 3 N–H and O–H groups in total. The second kappa shape index (κ2) is 7.76. The van der Waals surface area contributed by atoms with Gasteiger partial charge in [0.2, 0.25) is 0 Å². The number of halogens is 5. The zero-order chi connectivity index (χ0) is 20.5. The fraction of sp³-hybridized carbons (Fsp3) is 0.176. The highest BCUT2D eigenvalue weighted by Crippen LogP contribution is 2.30. The van der Waals surface area contributed by atoms with Gasteiger partial charge in [-0.05, 0) is 17.7 Å². The second-order valence-electron chi connectivity index (χ2n) is 5.81. The van der Waals surface area contributed by atoms with E-state index in [4.69, 9.17) is 28.9 Å². The van der Waals surface area contributed by atoms with Crippen LogP contribution in [0.4, 0.5) is 19.0 Å². The SMILES string of the molecule is NC(=O)c1c(N=CC2=C(Cl)CN=C2C(F)(F)F)n[nH]c1Cc1cccc(Cl)c1. The molecule has 0 radical (unpaired) electrons. The number of nitrogens with zero attached hydrogens (tertiary/aromatic N) is 3. The number of hydrogen-bond donors (Lipinski definition) is 2. The number of aromatic amines is 1. The minimum Gasteiger partial charge on any atom is -0.365 e. The van der Waals surface area contributed by atoms with E-state index in [2.05, 4.69) is 20.2 Å². The van der Waals surface area contributed by atoms with Crippen molar-refractivity contribution in [3.8, 4) is 0 Å². The van der Waals surface area contributed by atoms with Gasteiger partial charge >= 0.3 is 6.18 Å². The molecule has 1 aliphatic rings. The topological polar surface area (TPSA) is 96.5 Å². The van der Waals surface area contributed by atoms with E-state index in [1.54, 1.807) is 24.3 Å². The van der Waals surface area contributed by atoms with E-state index in [1.165, 1.54) is 0 Å². The predicted octanol–water partition coefficient (Wildman–Crippen LogP) is 3.96. The van der Waals surface area contributed by atoms with Gasteiger partial charge in [0.1, 0.15) is 11.3 Å². The van der Waals surface area contributed by atoms with Gasteiger partial charge in [-0.1, -0.05) is 35.3 Å². The molecule has 0 spiro atoms. The summed E-state index contributed by atoms with van der Waals surface area (Å²) in [5.41, 5.74) is 5.02. The fourth-order valence-electron chi connectivity index (χ4n) is 2.64. The zero-order valence-electron chi connectivity index (χ0n) is 14.0. The average Bonchev–Trinajstić information content (AvgIpc) is 3.16. The number of hydrogen-bond acceptors (Lipinski definition) is 4. The number of nitrogens with one attached hydrogen (secondary N) is 1. The van der Waals surface area contributed by atoms with Gasteiger partial charge in [0.15, 0.2) is 5.82 Å². The van der Waals surface area contributed by atoms with Crippen LogP contribution in [-0.2, 0) is 6.42 Å². The van der Waals surface area contributed by atoms with Crippen LogP contribution in [0.15, 0.2) is 44.9 Å². The highest BCUT2D eigenvalue weighted by molar-refractivity contribution is 6.38.